The number of carbonyl (C=O) groups is 1. The first-order valence-electron chi connectivity index (χ1n) is 1.93. The standard InChI is InChI=1S/C3H7NO3S/c1-2(3(4)5)8(6)7/h2H,1H3,(H2,4,5)(H,6,7)/p-1. The van der Waals surface area contributed by atoms with Gasteiger partial charge in [-0.1, -0.05) is 0 Å². The van der Waals surface area contributed by atoms with Crippen molar-refractivity contribution >= 4 is 17.0 Å². The molecule has 0 aliphatic heterocycles. The van der Waals surface area contributed by atoms with Crippen LogP contribution in [0.15, 0.2) is 0 Å². The maximum atomic E-state index is 9.97. The molecule has 2 unspecified atom stereocenters. The molecule has 0 saturated carbocycles. The molecule has 0 rings (SSSR count). The number of amides is 1. The minimum atomic E-state index is -2.36. The third-order valence-corrected chi connectivity index (χ3v) is 1.50. The Kier molecular flexibility index (Phi) is 2.64. The van der Waals surface area contributed by atoms with E-state index in [1.807, 2.05) is 0 Å². The lowest BCUT2D eigenvalue weighted by Gasteiger charge is -2.08. The Morgan fingerprint density at radius 3 is 2.25 bits per heavy atom. The lowest BCUT2D eigenvalue weighted by molar-refractivity contribution is -0.117. The van der Waals surface area contributed by atoms with Gasteiger partial charge in [0.05, 0.1) is 5.25 Å². The van der Waals surface area contributed by atoms with Gasteiger partial charge in [-0.25, -0.2) is 0 Å². The van der Waals surface area contributed by atoms with Crippen LogP contribution in [0.5, 0.6) is 0 Å². The van der Waals surface area contributed by atoms with E-state index in [-0.39, 0.29) is 0 Å². The van der Waals surface area contributed by atoms with E-state index in [0.29, 0.717) is 0 Å². The predicted molar refractivity (Wildman–Crippen MR) is 27.6 cm³/mol. The van der Waals surface area contributed by atoms with Crippen molar-refractivity contribution in [1.82, 2.24) is 0 Å². The molecule has 0 spiro atoms. The molecule has 0 radical (unpaired) electrons. The molecule has 2 atom stereocenters. The number of carbonyl (C=O) groups excluding carboxylic acids is 1. The second-order valence-corrected chi connectivity index (χ2v) is 2.53. The highest BCUT2D eigenvalue weighted by Gasteiger charge is 2.06. The highest BCUT2D eigenvalue weighted by molar-refractivity contribution is 7.80. The van der Waals surface area contributed by atoms with Gasteiger partial charge in [0, 0.05) is 0 Å². The first-order valence-corrected chi connectivity index (χ1v) is 3.07. The first-order chi connectivity index (χ1) is 3.55. The van der Waals surface area contributed by atoms with Crippen LogP contribution in [-0.2, 0) is 15.9 Å². The van der Waals surface area contributed by atoms with Crippen LogP contribution in [0, 0.1) is 0 Å². The maximum absolute atomic E-state index is 9.97. The summed E-state index contributed by atoms with van der Waals surface area (Å²) < 4.78 is 19.7. The van der Waals surface area contributed by atoms with Crippen LogP contribution in [-0.4, -0.2) is 19.9 Å². The molecule has 0 aromatic heterocycles. The third-order valence-electron chi connectivity index (χ3n) is 0.689. The van der Waals surface area contributed by atoms with E-state index in [4.69, 9.17) is 0 Å². The molecule has 2 N–H and O–H groups in total. The summed E-state index contributed by atoms with van der Waals surface area (Å²) in [4.78, 5) is 9.97. The molecule has 1 amide bonds. The van der Waals surface area contributed by atoms with Crippen molar-refractivity contribution in [3.05, 3.63) is 0 Å². The monoisotopic (exact) mass is 136 g/mol. The molecule has 5 heteroatoms. The van der Waals surface area contributed by atoms with Gasteiger partial charge < -0.3 is 10.3 Å². The largest absolute Gasteiger partial charge is 0.772 e. The van der Waals surface area contributed by atoms with E-state index >= 15 is 0 Å². The van der Waals surface area contributed by atoms with Crippen molar-refractivity contribution in [3.8, 4) is 0 Å². The van der Waals surface area contributed by atoms with Gasteiger partial charge in [-0.05, 0) is 18.0 Å². The second-order valence-electron chi connectivity index (χ2n) is 1.31. The fourth-order valence-corrected chi connectivity index (χ4v) is 0.285. The third kappa shape index (κ3) is 2.04. The van der Waals surface area contributed by atoms with Gasteiger partial charge in [0.15, 0.2) is 0 Å². The summed E-state index contributed by atoms with van der Waals surface area (Å²) in [5.41, 5.74) is 4.60. The van der Waals surface area contributed by atoms with E-state index < -0.39 is 22.2 Å². The van der Waals surface area contributed by atoms with Gasteiger partial charge in [-0.2, -0.15) is 0 Å². The molecule has 8 heavy (non-hydrogen) atoms. The van der Waals surface area contributed by atoms with Crippen molar-refractivity contribution in [2.75, 3.05) is 0 Å². The summed E-state index contributed by atoms with van der Waals surface area (Å²) in [6, 6.07) is 0. The minimum absolute atomic E-state index is 0.821. The SMILES string of the molecule is CC(C(N)=O)S(=O)[O-]. The summed E-state index contributed by atoms with van der Waals surface area (Å²) >= 11 is -2.36. The van der Waals surface area contributed by atoms with Crippen molar-refractivity contribution < 1.29 is 13.6 Å². The zero-order valence-electron chi connectivity index (χ0n) is 4.29. The van der Waals surface area contributed by atoms with Gasteiger partial charge in [0.1, 0.15) is 0 Å². The lowest BCUT2D eigenvalue weighted by Crippen LogP contribution is -2.29. The number of nitrogens with two attached hydrogens (primary N) is 1. The van der Waals surface area contributed by atoms with E-state index in [0.717, 1.165) is 0 Å². The van der Waals surface area contributed by atoms with Crippen molar-refractivity contribution in [2.45, 2.75) is 12.2 Å². The number of rotatable bonds is 2. The molecular formula is C3H6NO3S-. The number of hydrogen-bond donors (Lipinski definition) is 1. The van der Waals surface area contributed by atoms with Gasteiger partial charge in [0.2, 0.25) is 5.91 Å². The summed E-state index contributed by atoms with van der Waals surface area (Å²) in [6.07, 6.45) is 0. The first kappa shape index (κ1) is 7.58. The van der Waals surface area contributed by atoms with Crippen molar-refractivity contribution in [3.63, 3.8) is 0 Å². The predicted octanol–water partition coefficient (Wildman–Crippen LogP) is -1.26. The van der Waals surface area contributed by atoms with E-state index in [1.165, 1.54) is 6.92 Å². The zero-order chi connectivity index (χ0) is 6.73. The molecule has 48 valence electrons. The molecule has 0 bridgehead atoms. The van der Waals surface area contributed by atoms with Crippen LogP contribution in [0.4, 0.5) is 0 Å². The van der Waals surface area contributed by atoms with Crippen LogP contribution < -0.4 is 5.73 Å². The number of hydrogen-bond acceptors (Lipinski definition) is 3. The molecule has 0 aliphatic carbocycles. The average Bonchev–Trinajstić information content (AvgIpc) is 1.64. The Labute approximate surface area is 49.3 Å². The molecule has 0 heterocycles. The lowest BCUT2D eigenvalue weighted by atomic mass is 10.5. The summed E-state index contributed by atoms with van der Waals surface area (Å²) in [6.45, 7) is 1.23. The fraction of sp³-hybridized carbons (Fsp3) is 0.667. The molecule has 0 saturated heterocycles. The molecule has 0 aromatic rings. The molecule has 0 aromatic carbocycles. The normalized spacial score (nSPS) is 17.2. The Hall–Kier alpha value is -0.420. The van der Waals surface area contributed by atoms with Gasteiger partial charge >= 0.3 is 0 Å². The molecule has 0 aliphatic rings. The maximum Gasteiger partial charge on any atom is 0.231 e. The fourth-order valence-electron chi connectivity index (χ4n) is 0.0948. The summed E-state index contributed by atoms with van der Waals surface area (Å²) in [5.74, 6) is -0.821. The Bertz CT molecular complexity index is 110. The average molecular weight is 136 g/mol. The highest BCUT2D eigenvalue weighted by atomic mass is 32.2. The van der Waals surface area contributed by atoms with E-state index in [9.17, 15) is 13.6 Å². The van der Waals surface area contributed by atoms with Crippen molar-refractivity contribution in [1.29, 1.82) is 0 Å². The van der Waals surface area contributed by atoms with Gasteiger partial charge in [0.25, 0.3) is 0 Å². The summed E-state index contributed by atoms with van der Waals surface area (Å²) in [5, 5.41) is -1.07. The van der Waals surface area contributed by atoms with E-state index in [1.54, 1.807) is 0 Å². The van der Waals surface area contributed by atoms with Crippen molar-refractivity contribution in [2.24, 2.45) is 5.73 Å². The second kappa shape index (κ2) is 2.78. The minimum Gasteiger partial charge on any atom is -0.772 e. The quantitative estimate of drug-likeness (QED) is 0.481. The smallest absolute Gasteiger partial charge is 0.231 e. The Morgan fingerprint density at radius 2 is 2.25 bits per heavy atom. The Morgan fingerprint density at radius 1 is 1.88 bits per heavy atom. The molecular weight excluding hydrogens is 130 g/mol. The highest BCUT2D eigenvalue weighted by Crippen LogP contribution is 1.87. The molecule has 0 fully saturated rings. The van der Waals surface area contributed by atoms with E-state index in [2.05, 4.69) is 5.73 Å². The van der Waals surface area contributed by atoms with Crippen LogP contribution in [0.25, 0.3) is 0 Å². The topological polar surface area (TPSA) is 83.2 Å². The van der Waals surface area contributed by atoms with Gasteiger partial charge in [-0.15, -0.1) is 0 Å². The Balaban J connectivity index is 3.83. The number of primary amides is 1. The molecule has 4 nitrogen and oxygen atoms in total. The van der Waals surface area contributed by atoms with Crippen LogP contribution >= 0.6 is 0 Å². The zero-order valence-corrected chi connectivity index (χ0v) is 5.10. The van der Waals surface area contributed by atoms with Crippen LogP contribution in [0.1, 0.15) is 6.92 Å². The summed E-state index contributed by atoms with van der Waals surface area (Å²) in [7, 11) is 0. The van der Waals surface area contributed by atoms with Crippen LogP contribution in [0.3, 0.4) is 0 Å². The van der Waals surface area contributed by atoms with Gasteiger partial charge in [-0.3, -0.25) is 9.00 Å². The van der Waals surface area contributed by atoms with Crippen LogP contribution in [0.2, 0.25) is 0 Å².